The van der Waals surface area contributed by atoms with Crippen molar-refractivity contribution in [2.24, 2.45) is 16.8 Å². The lowest BCUT2D eigenvalue weighted by molar-refractivity contribution is -0.123. The monoisotopic (exact) mass is 201 g/mol. The second kappa shape index (κ2) is 7.17. The summed E-state index contributed by atoms with van der Waals surface area (Å²) in [5.74, 6) is -0.680. The van der Waals surface area contributed by atoms with Crippen LogP contribution in [0.2, 0.25) is 0 Å². The summed E-state index contributed by atoms with van der Waals surface area (Å²) in [6.45, 7) is 4.54. The first kappa shape index (κ1) is 12.7. The van der Waals surface area contributed by atoms with Crippen molar-refractivity contribution in [3.63, 3.8) is 0 Å². The molecular weight excluding hydrogens is 182 g/mol. The maximum absolute atomic E-state index is 11.5. The topological polar surface area (TPSA) is 87.7 Å². The highest BCUT2D eigenvalue weighted by molar-refractivity contribution is 6.01. The molecule has 0 radical (unpaired) electrons. The van der Waals surface area contributed by atoms with E-state index in [2.05, 4.69) is 10.5 Å². The molecule has 5 heteroatoms. The van der Waals surface area contributed by atoms with Crippen LogP contribution in [0.4, 0.5) is 0 Å². The third kappa shape index (κ3) is 4.11. The number of hydrogen-bond acceptors (Lipinski definition) is 3. The highest BCUT2D eigenvalue weighted by Gasteiger charge is 2.21. The SMILES string of the molecule is CCCNC(=O)C(CCC)C(N)=NO. The van der Waals surface area contributed by atoms with Gasteiger partial charge in [-0.3, -0.25) is 4.79 Å². The van der Waals surface area contributed by atoms with E-state index in [1.165, 1.54) is 0 Å². The summed E-state index contributed by atoms with van der Waals surface area (Å²) < 4.78 is 0. The zero-order valence-corrected chi connectivity index (χ0v) is 8.79. The Kier molecular flexibility index (Phi) is 6.53. The fourth-order valence-electron chi connectivity index (χ4n) is 1.14. The first-order valence-electron chi connectivity index (χ1n) is 4.92. The largest absolute Gasteiger partial charge is 0.409 e. The van der Waals surface area contributed by atoms with Gasteiger partial charge in [0.2, 0.25) is 5.91 Å². The average molecular weight is 201 g/mol. The number of amidine groups is 1. The van der Waals surface area contributed by atoms with Crippen molar-refractivity contribution >= 4 is 11.7 Å². The van der Waals surface area contributed by atoms with Gasteiger partial charge in [-0.2, -0.15) is 0 Å². The number of oxime groups is 1. The Morgan fingerprint density at radius 1 is 1.50 bits per heavy atom. The predicted octanol–water partition coefficient (Wildman–Crippen LogP) is 0.675. The van der Waals surface area contributed by atoms with Gasteiger partial charge < -0.3 is 16.3 Å². The number of carbonyl (C=O) groups excluding carboxylic acids is 1. The van der Waals surface area contributed by atoms with Crippen LogP contribution in [0.3, 0.4) is 0 Å². The Morgan fingerprint density at radius 3 is 2.57 bits per heavy atom. The van der Waals surface area contributed by atoms with Gasteiger partial charge in [0.05, 0.1) is 5.92 Å². The highest BCUT2D eigenvalue weighted by Crippen LogP contribution is 2.06. The van der Waals surface area contributed by atoms with Crippen molar-refractivity contribution in [3.05, 3.63) is 0 Å². The number of nitrogens with two attached hydrogens (primary N) is 1. The molecule has 0 aliphatic carbocycles. The first-order chi connectivity index (χ1) is 6.67. The van der Waals surface area contributed by atoms with Crippen molar-refractivity contribution in [1.29, 1.82) is 0 Å². The molecule has 0 saturated carbocycles. The van der Waals surface area contributed by atoms with E-state index in [-0.39, 0.29) is 11.7 Å². The number of rotatable bonds is 6. The summed E-state index contributed by atoms with van der Waals surface area (Å²) >= 11 is 0. The molecule has 1 unspecified atom stereocenters. The number of nitrogens with zero attached hydrogens (tertiary/aromatic N) is 1. The minimum atomic E-state index is -0.503. The van der Waals surface area contributed by atoms with Crippen LogP contribution in [0.15, 0.2) is 5.16 Å². The van der Waals surface area contributed by atoms with Crippen molar-refractivity contribution in [2.75, 3.05) is 6.54 Å². The average Bonchev–Trinajstić information content (AvgIpc) is 2.21. The lowest BCUT2D eigenvalue weighted by atomic mass is 10.0. The Morgan fingerprint density at radius 2 is 2.14 bits per heavy atom. The Hall–Kier alpha value is -1.26. The fourth-order valence-corrected chi connectivity index (χ4v) is 1.14. The molecule has 0 spiro atoms. The quantitative estimate of drug-likeness (QED) is 0.255. The lowest BCUT2D eigenvalue weighted by Crippen LogP contribution is -2.39. The summed E-state index contributed by atoms with van der Waals surface area (Å²) in [7, 11) is 0. The first-order valence-corrected chi connectivity index (χ1v) is 4.92. The molecule has 4 N–H and O–H groups in total. The van der Waals surface area contributed by atoms with Gasteiger partial charge in [-0.15, -0.1) is 0 Å². The molecule has 1 atom stereocenters. The maximum atomic E-state index is 11.5. The van der Waals surface area contributed by atoms with Gasteiger partial charge in [0.15, 0.2) is 5.84 Å². The molecule has 0 bridgehead atoms. The normalized spacial score (nSPS) is 13.7. The second-order valence-electron chi connectivity index (χ2n) is 3.16. The smallest absolute Gasteiger partial charge is 0.230 e. The molecule has 0 aliphatic rings. The van der Waals surface area contributed by atoms with Crippen LogP contribution < -0.4 is 11.1 Å². The van der Waals surface area contributed by atoms with Crippen LogP contribution in [0.1, 0.15) is 33.1 Å². The van der Waals surface area contributed by atoms with Crippen molar-refractivity contribution in [2.45, 2.75) is 33.1 Å². The van der Waals surface area contributed by atoms with E-state index >= 15 is 0 Å². The molecule has 0 aromatic carbocycles. The highest BCUT2D eigenvalue weighted by atomic mass is 16.4. The van der Waals surface area contributed by atoms with Gasteiger partial charge in [-0.1, -0.05) is 25.4 Å². The Bertz CT molecular complexity index is 204. The van der Waals surface area contributed by atoms with E-state index in [1.807, 2.05) is 13.8 Å². The van der Waals surface area contributed by atoms with E-state index in [0.29, 0.717) is 13.0 Å². The molecular formula is C9H19N3O2. The van der Waals surface area contributed by atoms with Crippen LogP contribution >= 0.6 is 0 Å². The molecule has 0 fully saturated rings. The number of nitrogens with one attached hydrogen (secondary N) is 1. The van der Waals surface area contributed by atoms with E-state index in [4.69, 9.17) is 10.9 Å². The van der Waals surface area contributed by atoms with Gasteiger partial charge in [-0.05, 0) is 12.8 Å². The molecule has 0 saturated heterocycles. The number of hydrogen-bond donors (Lipinski definition) is 3. The van der Waals surface area contributed by atoms with E-state index in [9.17, 15) is 4.79 Å². The standard InChI is InChI=1S/C9H19N3O2/c1-3-5-7(8(10)12-14)9(13)11-6-4-2/h7,14H,3-6H2,1-2H3,(H2,10,12)(H,11,13). The van der Waals surface area contributed by atoms with E-state index < -0.39 is 5.92 Å². The van der Waals surface area contributed by atoms with Crippen molar-refractivity contribution in [1.82, 2.24) is 5.32 Å². The van der Waals surface area contributed by atoms with Gasteiger partial charge in [0.1, 0.15) is 0 Å². The Balaban J connectivity index is 4.26. The number of amides is 1. The molecule has 0 rings (SSSR count). The van der Waals surface area contributed by atoms with Gasteiger partial charge in [0, 0.05) is 6.54 Å². The Labute approximate surface area is 84.4 Å². The van der Waals surface area contributed by atoms with Crippen LogP contribution in [0.25, 0.3) is 0 Å². The molecule has 5 nitrogen and oxygen atoms in total. The van der Waals surface area contributed by atoms with Crippen LogP contribution in [0, 0.1) is 5.92 Å². The minimum Gasteiger partial charge on any atom is -0.409 e. The molecule has 82 valence electrons. The van der Waals surface area contributed by atoms with E-state index in [0.717, 1.165) is 12.8 Å². The second-order valence-corrected chi connectivity index (χ2v) is 3.16. The molecule has 14 heavy (non-hydrogen) atoms. The zero-order chi connectivity index (χ0) is 11.0. The van der Waals surface area contributed by atoms with E-state index in [1.54, 1.807) is 0 Å². The van der Waals surface area contributed by atoms with Crippen LogP contribution in [0.5, 0.6) is 0 Å². The molecule has 0 aliphatic heterocycles. The van der Waals surface area contributed by atoms with Crippen LogP contribution in [-0.4, -0.2) is 23.5 Å². The minimum absolute atomic E-state index is 0.0135. The number of carbonyl (C=O) groups is 1. The zero-order valence-electron chi connectivity index (χ0n) is 8.79. The third-order valence-corrected chi connectivity index (χ3v) is 1.92. The summed E-state index contributed by atoms with van der Waals surface area (Å²) in [6.07, 6.45) is 2.30. The van der Waals surface area contributed by atoms with Gasteiger partial charge in [-0.25, -0.2) is 0 Å². The summed E-state index contributed by atoms with van der Waals surface area (Å²) in [4.78, 5) is 11.5. The summed E-state index contributed by atoms with van der Waals surface area (Å²) in [6, 6.07) is 0. The van der Waals surface area contributed by atoms with Crippen molar-refractivity contribution in [3.8, 4) is 0 Å². The third-order valence-electron chi connectivity index (χ3n) is 1.92. The molecule has 0 aromatic rings. The summed E-state index contributed by atoms with van der Waals surface area (Å²) in [5.41, 5.74) is 5.42. The predicted molar refractivity (Wildman–Crippen MR) is 55.1 cm³/mol. The molecule has 1 amide bonds. The summed E-state index contributed by atoms with van der Waals surface area (Å²) in [5, 5.41) is 14.1. The molecule has 0 aromatic heterocycles. The van der Waals surface area contributed by atoms with Gasteiger partial charge >= 0.3 is 0 Å². The fraction of sp³-hybridized carbons (Fsp3) is 0.778. The van der Waals surface area contributed by atoms with Gasteiger partial charge in [0.25, 0.3) is 0 Å². The van der Waals surface area contributed by atoms with Crippen LogP contribution in [-0.2, 0) is 4.79 Å². The maximum Gasteiger partial charge on any atom is 0.230 e. The lowest BCUT2D eigenvalue weighted by Gasteiger charge is -2.13. The molecule has 0 heterocycles. The van der Waals surface area contributed by atoms with Crippen molar-refractivity contribution < 1.29 is 10.0 Å².